The molecule has 10 nitrogen and oxygen atoms in total. The van der Waals surface area contributed by atoms with Gasteiger partial charge in [0.2, 0.25) is 17.7 Å². The van der Waals surface area contributed by atoms with Gasteiger partial charge in [-0.1, -0.05) is 30.8 Å². The molecule has 0 aromatic carbocycles. The zero-order chi connectivity index (χ0) is 23.1. The third kappa shape index (κ3) is 6.58. The highest BCUT2D eigenvalue weighted by Crippen LogP contribution is 2.34. The van der Waals surface area contributed by atoms with Crippen molar-refractivity contribution < 1.29 is 18.8 Å². The second-order valence-electron chi connectivity index (χ2n) is 8.77. The van der Waals surface area contributed by atoms with E-state index in [1.165, 1.54) is 18.3 Å². The topological polar surface area (TPSA) is 122 Å². The molecule has 4 rings (SSSR count). The van der Waals surface area contributed by atoms with Crippen molar-refractivity contribution in [2.45, 2.75) is 70.4 Å². The molecule has 33 heavy (non-hydrogen) atoms. The number of nitrogens with zero attached hydrogens (tertiary/aromatic N) is 4. The number of nitrogens with one attached hydrogen (secondary N) is 2. The Balaban J connectivity index is 1.29. The summed E-state index contributed by atoms with van der Waals surface area (Å²) in [5, 5.41) is 12.7. The lowest BCUT2D eigenvalue weighted by molar-refractivity contribution is -0.121. The molecule has 1 saturated heterocycles. The summed E-state index contributed by atoms with van der Waals surface area (Å²) in [5.74, 6) is 0.677. The molecule has 2 aromatic rings. The number of hydrogen-bond acceptors (Lipinski definition) is 9. The Morgan fingerprint density at radius 2 is 1.91 bits per heavy atom. The Morgan fingerprint density at radius 1 is 1.15 bits per heavy atom. The van der Waals surface area contributed by atoms with Gasteiger partial charge in [0.1, 0.15) is 5.54 Å². The van der Waals surface area contributed by atoms with E-state index in [0.717, 1.165) is 77.1 Å². The Labute approximate surface area is 197 Å². The molecule has 3 heterocycles. The minimum Gasteiger partial charge on any atom is -0.379 e. The molecule has 0 spiro atoms. The number of hydrogen-bond donors (Lipinski definition) is 2. The fourth-order valence-electron chi connectivity index (χ4n) is 4.45. The minimum atomic E-state index is -0.579. The molecule has 0 unspecified atom stereocenters. The predicted molar refractivity (Wildman–Crippen MR) is 123 cm³/mol. The van der Waals surface area contributed by atoms with Crippen LogP contribution in [0, 0.1) is 0 Å². The van der Waals surface area contributed by atoms with E-state index >= 15 is 0 Å². The fourth-order valence-corrected chi connectivity index (χ4v) is 5.17. The van der Waals surface area contributed by atoms with E-state index in [2.05, 4.69) is 30.7 Å². The summed E-state index contributed by atoms with van der Waals surface area (Å²) in [4.78, 5) is 35.6. The van der Waals surface area contributed by atoms with Crippen molar-refractivity contribution in [2.75, 3.05) is 31.6 Å². The Kier molecular flexibility index (Phi) is 8.05. The average Bonchev–Trinajstić information content (AvgIpc) is 3.38. The number of amides is 2. The lowest BCUT2D eigenvalue weighted by atomic mass is 9.89. The standard InChI is InChI=1S/C22H32N6O4S/c1-16(29)26-22(8-4-2-3-5-9-22)20-25-19(32-27-20)7-6-18(30)24-21-23-17(15-33-21)14-28-10-12-31-13-11-28/h15H,2-14H2,1H3,(H,26,29)(H,23,24,30). The van der Waals surface area contributed by atoms with Gasteiger partial charge in [-0.05, 0) is 12.8 Å². The quantitative estimate of drug-likeness (QED) is 0.558. The lowest BCUT2D eigenvalue weighted by Gasteiger charge is -2.30. The predicted octanol–water partition coefficient (Wildman–Crippen LogP) is 2.62. The third-order valence-electron chi connectivity index (χ3n) is 6.12. The van der Waals surface area contributed by atoms with E-state index in [4.69, 9.17) is 9.26 Å². The number of rotatable bonds is 8. The Bertz CT molecular complexity index is 931. The first-order valence-electron chi connectivity index (χ1n) is 11.7. The number of morpholine rings is 1. The molecule has 1 aliphatic carbocycles. The maximum absolute atomic E-state index is 12.4. The largest absolute Gasteiger partial charge is 0.379 e. The smallest absolute Gasteiger partial charge is 0.227 e. The molecule has 2 amide bonds. The van der Waals surface area contributed by atoms with Gasteiger partial charge in [0.05, 0.1) is 18.9 Å². The van der Waals surface area contributed by atoms with Crippen molar-refractivity contribution in [1.29, 1.82) is 0 Å². The highest BCUT2D eigenvalue weighted by atomic mass is 32.1. The first kappa shape index (κ1) is 23.8. The van der Waals surface area contributed by atoms with Crippen LogP contribution in [0.2, 0.25) is 0 Å². The summed E-state index contributed by atoms with van der Waals surface area (Å²) in [6.45, 7) is 5.57. The summed E-state index contributed by atoms with van der Waals surface area (Å²) in [6, 6.07) is 0. The zero-order valence-corrected chi connectivity index (χ0v) is 19.9. The number of ether oxygens (including phenoxy) is 1. The fraction of sp³-hybridized carbons (Fsp3) is 0.682. The first-order chi connectivity index (χ1) is 16.0. The molecule has 2 N–H and O–H groups in total. The van der Waals surface area contributed by atoms with E-state index in [1.807, 2.05) is 5.38 Å². The van der Waals surface area contributed by atoms with Gasteiger partial charge in [-0.2, -0.15) is 4.98 Å². The van der Waals surface area contributed by atoms with E-state index < -0.39 is 5.54 Å². The van der Waals surface area contributed by atoms with Crippen LogP contribution in [-0.4, -0.2) is 58.1 Å². The van der Waals surface area contributed by atoms with Gasteiger partial charge in [-0.3, -0.25) is 14.5 Å². The van der Waals surface area contributed by atoms with E-state index in [9.17, 15) is 9.59 Å². The van der Waals surface area contributed by atoms with Gasteiger partial charge in [0, 0.05) is 44.8 Å². The Hall–Kier alpha value is -2.37. The molecular weight excluding hydrogens is 444 g/mol. The number of thiazole rings is 1. The SMILES string of the molecule is CC(=O)NC1(c2noc(CCC(=O)Nc3nc(CN4CCOCC4)cs3)n2)CCCCCC1. The van der Waals surface area contributed by atoms with E-state index in [1.54, 1.807) is 0 Å². The molecule has 1 aliphatic heterocycles. The van der Waals surface area contributed by atoms with Crippen LogP contribution in [-0.2, 0) is 32.8 Å². The number of anilines is 1. The van der Waals surface area contributed by atoms with Gasteiger partial charge < -0.3 is 19.9 Å². The summed E-state index contributed by atoms with van der Waals surface area (Å²) in [7, 11) is 0. The van der Waals surface area contributed by atoms with Crippen LogP contribution in [0.1, 0.15) is 69.3 Å². The maximum Gasteiger partial charge on any atom is 0.227 e. The Morgan fingerprint density at radius 3 is 2.64 bits per heavy atom. The molecule has 1 saturated carbocycles. The zero-order valence-electron chi connectivity index (χ0n) is 19.1. The summed E-state index contributed by atoms with van der Waals surface area (Å²) >= 11 is 1.43. The highest BCUT2D eigenvalue weighted by molar-refractivity contribution is 7.13. The van der Waals surface area contributed by atoms with Crippen molar-refractivity contribution in [1.82, 2.24) is 25.3 Å². The maximum atomic E-state index is 12.4. The third-order valence-corrected chi connectivity index (χ3v) is 6.93. The van der Waals surface area contributed by atoms with Gasteiger partial charge in [-0.25, -0.2) is 4.98 Å². The molecule has 0 radical (unpaired) electrons. The summed E-state index contributed by atoms with van der Waals surface area (Å²) in [5.41, 5.74) is 0.370. The van der Waals surface area contributed by atoms with Crippen molar-refractivity contribution in [3.05, 3.63) is 22.8 Å². The van der Waals surface area contributed by atoms with Crippen LogP contribution >= 0.6 is 11.3 Å². The van der Waals surface area contributed by atoms with E-state index in [0.29, 0.717) is 23.3 Å². The normalized spacial score (nSPS) is 19.1. The van der Waals surface area contributed by atoms with E-state index in [-0.39, 0.29) is 18.2 Å². The first-order valence-corrected chi connectivity index (χ1v) is 12.6. The van der Waals surface area contributed by atoms with Gasteiger partial charge >= 0.3 is 0 Å². The molecule has 180 valence electrons. The second-order valence-corrected chi connectivity index (χ2v) is 9.63. The van der Waals surface area contributed by atoms with Crippen LogP contribution in [0.25, 0.3) is 0 Å². The molecule has 2 aromatic heterocycles. The van der Waals surface area contributed by atoms with Gasteiger partial charge in [-0.15, -0.1) is 11.3 Å². The van der Waals surface area contributed by atoms with Crippen LogP contribution < -0.4 is 10.6 Å². The van der Waals surface area contributed by atoms with Crippen molar-refractivity contribution >= 4 is 28.3 Å². The average molecular weight is 477 g/mol. The number of carbonyl (C=O) groups is 2. The van der Waals surface area contributed by atoms with Crippen LogP contribution in [0.3, 0.4) is 0 Å². The van der Waals surface area contributed by atoms with Crippen molar-refractivity contribution in [2.24, 2.45) is 0 Å². The lowest BCUT2D eigenvalue weighted by Crippen LogP contribution is -2.45. The molecule has 0 atom stereocenters. The van der Waals surface area contributed by atoms with Crippen molar-refractivity contribution in [3.8, 4) is 0 Å². The molecular formula is C22H32N6O4S. The van der Waals surface area contributed by atoms with Gasteiger partial charge in [0.25, 0.3) is 0 Å². The second kappa shape index (κ2) is 11.2. The minimum absolute atomic E-state index is 0.0981. The van der Waals surface area contributed by atoms with Crippen LogP contribution in [0.15, 0.2) is 9.90 Å². The number of aromatic nitrogens is 3. The van der Waals surface area contributed by atoms with Crippen molar-refractivity contribution in [3.63, 3.8) is 0 Å². The number of carbonyl (C=O) groups excluding carboxylic acids is 2. The molecule has 0 bridgehead atoms. The van der Waals surface area contributed by atoms with Gasteiger partial charge in [0.15, 0.2) is 11.0 Å². The van der Waals surface area contributed by atoms with Crippen LogP contribution in [0.4, 0.5) is 5.13 Å². The van der Waals surface area contributed by atoms with Crippen LogP contribution in [0.5, 0.6) is 0 Å². The highest BCUT2D eigenvalue weighted by Gasteiger charge is 2.38. The summed E-state index contributed by atoms with van der Waals surface area (Å²) in [6.07, 6.45) is 6.43. The molecule has 2 aliphatic rings. The summed E-state index contributed by atoms with van der Waals surface area (Å²) < 4.78 is 10.8. The molecule has 2 fully saturated rings. The molecule has 11 heteroatoms. The monoisotopic (exact) mass is 476 g/mol. The number of aryl methyl sites for hydroxylation is 1.